The Bertz CT molecular complexity index is 457. The first-order valence-electron chi connectivity index (χ1n) is 7.84. The second-order valence-electron chi connectivity index (χ2n) is 5.79. The van der Waals surface area contributed by atoms with Crippen molar-refractivity contribution in [2.24, 2.45) is 5.73 Å². The van der Waals surface area contributed by atoms with Crippen molar-refractivity contribution >= 4 is 30.1 Å². The second kappa shape index (κ2) is 9.43. The highest BCUT2D eigenvalue weighted by atomic mass is 35.5. The van der Waals surface area contributed by atoms with Crippen LogP contribution in [-0.2, 0) is 4.79 Å². The topological polar surface area (TPSA) is 46.3 Å². The smallest absolute Gasteiger partial charge is 0.235 e. The molecule has 1 amide bonds. The molecule has 1 unspecified atom stereocenters. The molecule has 5 heteroatoms. The molecular weight excluding hydrogens is 316 g/mol. The van der Waals surface area contributed by atoms with Gasteiger partial charge in [-0.3, -0.25) is 4.79 Å². The van der Waals surface area contributed by atoms with Gasteiger partial charge in [-0.2, -0.15) is 0 Å². The van der Waals surface area contributed by atoms with Crippen molar-refractivity contribution in [1.82, 2.24) is 4.90 Å². The molecule has 0 aromatic heterocycles. The summed E-state index contributed by atoms with van der Waals surface area (Å²) in [5.41, 5.74) is 7.50. The van der Waals surface area contributed by atoms with E-state index >= 15 is 0 Å². The van der Waals surface area contributed by atoms with Gasteiger partial charge in [-0.15, -0.1) is 24.2 Å². The third-order valence-corrected chi connectivity index (χ3v) is 5.34. The highest BCUT2D eigenvalue weighted by Crippen LogP contribution is 2.28. The molecule has 1 fully saturated rings. The van der Waals surface area contributed by atoms with Crippen molar-refractivity contribution in [2.45, 2.75) is 43.9 Å². The molecule has 1 saturated heterocycles. The van der Waals surface area contributed by atoms with Crippen molar-refractivity contribution in [3.05, 3.63) is 35.9 Å². The Morgan fingerprint density at radius 1 is 1.36 bits per heavy atom. The lowest BCUT2D eigenvalue weighted by molar-refractivity contribution is -0.129. The van der Waals surface area contributed by atoms with Crippen molar-refractivity contribution in [1.29, 1.82) is 0 Å². The van der Waals surface area contributed by atoms with E-state index < -0.39 is 0 Å². The number of hydrogen-bond acceptors (Lipinski definition) is 3. The van der Waals surface area contributed by atoms with Crippen molar-refractivity contribution in [3.8, 4) is 0 Å². The summed E-state index contributed by atoms with van der Waals surface area (Å²) in [6, 6.07) is 10.4. The van der Waals surface area contributed by atoms with E-state index in [2.05, 4.69) is 19.1 Å². The van der Waals surface area contributed by atoms with Gasteiger partial charge in [0.25, 0.3) is 0 Å². The van der Waals surface area contributed by atoms with E-state index in [1.54, 1.807) is 11.8 Å². The summed E-state index contributed by atoms with van der Waals surface area (Å²) in [7, 11) is 0. The fraction of sp³-hybridized carbons (Fsp3) is 0.588. The van der Waals surface area contributed by atoms with Crippen molar-refractivity contribution in [2.75, 3.05) is 18.8 Å². The van der Waals surface area contributed by atoms with Crippen molar-refractivity contribution < 1.29 is 4.79 Å². The van der Waals surface area contributed by atoms with Gasteiger partial charge in [-0.1, -0.05) is 43.7 Å². The molecule has 124 valence electrons. The molecule has 1 aliphatic heterocycles. The number of rotatable bonds is 6. The first kappa shape index (κ1) is 19.3. The summed E-state index contributed by atoms with van der Waals surface area (Å²) in [4.78, 5) is 14.5. The largest absolute Gasteiger partial charge is 0.339 e. The first-order valence-corrected chi connectivity index (χ1v) is 8.89. The molecule has 0 bridgehead atoms. The number of nitrogens with zero attached hydrogens (tertiary/aromatic N) is 1. The van der Waals surface area contributed by atoms with Crippen LogP contribution in [0.1, 0.15) is 38.2 Å². The maximum absolute atomic E-state index is 12.5. The van der Waals surface area contributed by atoms with Gasteiger partial charge in [0.15, 0.2) is 0 Å². The molecule has 3 atom stereocenters. The van der Waals surface area contributed by atoms with Crippen LogP contribution in [0.25, 0.3) is 0 Å². The van der Waals surface area contributed by atoms with E-state index in [4.69, 9.17) is 5.73 Å². The van der Waals surface area contributed by atoms with Gasteiger partial charge in [0, 0.05) is 25.0 Å². The SMILES string of the molecule is CCCCSC(C)C(=O)N1C[C@@H](N)[C@H](c2ccccc2)C1.Cl. The molecule has 0 spiro atoms. The first-order chi connectivity index (χ1) is 10.1. The lowest BCUT2D eigenvalue weighted by atomic mass is 9.95. The number of nitrogens with two attached hydrogens (primary N) is 1. The summed E-state index contributed by atoms with van der Waals surface area (Å²) in [6.45, 7) is 5.63. The van der Waals surface area contributed by atoms with Gasteiger partial charge in [0.05, 0.1) is 5.25 Å². The summed E-state index contributed by atoms with van der Waals surface area (Å²) < 4.78 is 0. The minimum absolute atomic E-state index is 0. The fourth-order valence-corrected chi connectivity index (χ4v) is 3.90. The number of hydrogen-bond donors (Lipinski definition) is 1. The average molecular weight is 343 g/mol. The number of unbranched alkanes of at least 4 members (excludes halogenated alkanes) is 1. The van der Waals surface area contributed by atoms with Crippen LogP contribution in [0.4, 0.5) is 0 Å². The van der Waals surface area contributed by atoms with E-state index in [1.165, 1.54) is 18.4 Å². The van der Waals surface area contributed by atoms with E-state index in [0.29, 0.717) is 6.54 Å². The Labute approximate surface area is 144 Å². The maximum Gasteiger partial charge on any atom is 0.235 e. The average Bonchev–Trinajstić information content (AvgIpc) is 2.89. The molecule has 22 heavy (non-hydrogen) atoms. The fourth-order valence-electron chi connectivity index (χ4n) is 2.79. The van der Waals surface area contributed by atoms with Crippen LogP contribution >= 0.6 is 24.2 Å². The molecule has 1 aromatic rings. The van der Waals surface area contributed by atoms with Gasteiger partial charge < -0.3 is 10.6 Å². The molecule has 1 aliphatic rings. The maximum atomic E-state index is 12.5. The zero-order valence-corrected chi connectivity index (χ0v) is 15.0. The molecule has 0 radical (unpaired) electrons. The summed E-state index contributed by atoms with van der Waals surface area (Å²) >= 11 is 1.76. The summed E-state index contributed by atoms with van der Waals surface area (Å²) in [6.07, 6.45) is 2.35. The van der Waals surface area contributed by atoms with Crippen LogP contribution in [0, 0.1) is 0 Å². The number of halogens is 1. The van der Waals surface area contributed by atoms with Crippen molar-refractivity contribution in [3.63, 3.8) is 0 Å². The Balaban J connectivity index is 0.00000242. The molecule has 2 N–H and O–H groups in total. The molecule has 0 saturated carbocycles. The van der Waals surface area contributed by atoms with E-state index in [9.17, 15) is 4.79 Å². The molecule has 1 heterocycles. The monoisotopic (exact) mass is 342 g/mol. The highest BCUT2D eigenvalue weighted by Gasteiger charge is 2.35. The third-order valence-electron chi connectivity index (χ3n) is 4.12. The number of thioether (sulfide) groups is 1. The standard InChI is InChI=1S/C17H26N2OS.ClH/c1-3-4-10-21-13(2)17(20)19-11-15(16(18)12-19)14-8-6-5-7-9-14;/h5-9,13,15-16H,3-4,10-12,18H2,1-2H3;1H/t13?,15-,16+;/m0./s1. The number of carbonyl (C=O) groups is 1. The van der Waals surface area contributed by atoms with E-state index in [0.717, 1.165) is 12.3 Å². The number of likely N-dealkylation sites (tertiary alicyclic amines) is 1. The van der Waals surface area contributed by atoms with Crippen LogP contribution in [0.2, 0.25) is 0 Å². The van der Waals surface area contributed by atoms with Gasteiger partial charge >= 0.3 is 0 Å². The summed E-state index contributed by atoms with van der Waals surface area (Å²) in [5, 5.41) is 0.0401. The molecule has 2 rings (SSSR count). The zero-order valence-electron chi connectivity index (χ0n) is 13.4. The molecular formula is C17H27ClN2OS. The predicted molar refractivity (Wildman–Crippen MR) is 97.8 cm³/mol. The molecule has 3 nitrogen and oxygen atoms in total. The molecule has 0 aliphatic carbocycles. The Morgan fingerprint density at radius 3 is 2.68 bits per heavy atom. The normalized spacial score (nSPS) is 22.2. The second-order valence-corrected chi connectivity index (χ2v) is 7.24. The Morgan fingerprint density at radius 2 is 2.05 bits per heavy atom. The lowest BCUT2D eigenvalue weighted by Crippen LogP contribution is -2.36. The Hall–Kier alpha value is -0.710. The van der Waals surface area contributed by atoms with E-state index in [-0.39, 0.29) is 35.5 Å². The lowest BCUT2D eigenvalue weighted by Gasteiger charge is -2.20. The molecule has 1 aromatic carbocycles. The van der Waals surface area contributed by atoms with Gasteiger partial charge in [-0.25, -0.2) is 0 Å². The minimum Gasteiger partial charge on any atom is -0.339 e. The summed E-state index contributed by atoms with van der Waals surface area (Å²) in [5.74, 6) is 1.57. The van der Waals surface area contributed by atoms with Gasteiger partial charge in [-0.05, 0) is 24.7 Å². The van der Waals surface area contributed by atoms with Crippen LogP contribution in [-0.4, -0.2) is 40.9 Å². The number of carbonyl (C=O) groups excluding carboxylic acids is 1. The Kier molecular flexibility index (Phi) is 8.29. The quantitative estimate of drug-likeness (QED) is 0.807. The van der Waals surface area contributed by atoms with Crippen LogP contribution < -0.4 is 5.73 Å². The van der Waals surface area contributed by atoms with Gasteiger partial charge in [0.2, 0.25) is 5.91 Å². The minimum atomic E-state index is 0. The third kappa shape index (κ3) is 4.90. The zero-order chi connectivity index (χ0) is 15.2. The van der Waals surface area contributed by atoms with E-state index in [1.807, 2.05) is 30.0 Å². The number of amides is 1. The number of benzene rings is 1. The predicted octanol–water partition coefficient (Wildman–Crippen LogP) is 3.28. The van der Waals surface area contributed by atoms with Crippen LogP contribution in [0.3, 0.4) is 0 Å². The highest BCUT2D eigenvalue weighted by molar-refractivity contribution is 8.00. The van der Waals surface area contributed by atoms with Crippen LogP contribution in [0.15, 0.2) is 30.3 Å². The van der Waals surface area contributed by atoms with Gasteiger partial charge in [0.1, 0.15) is 0 Å². The van der Waals surface area contributed by atoms with Crippen LogP contribution in [0.5, 0.6) is 0 Å².